The third-order valence-electron chi connectivity index (χ3n) is 2.79. The fourth-order valence-electron chi connectivity index (χ4n) is 1.76. The third kappa shape index (κ3) is 3.59. The van der Waals surface area contributed by atoms with E-state index in [-0.39, 0.29) is 24.6 Å². The Morgan fingerprint density at radius 1 is 1.47 bits per heavy atom. The number of hydrogen-bond acceptors (Lipinski definition) is 4. The highest BCUT2D eigenvalue weighted by Gasteiger charge is 2.28. The number of morpholine rings is 1. The molecule has 0 bridgehead atoms. The number of likely N-dealkylation sites (N-methyl/N-ethyl adjacent to an activating group) is 1. The highest BCUT2D eigenvalue weighted by molar-refractivity contribution is 5.82. The molecule has 0 N–H and O–H groups in total. The molecule has 6 nitrogen and oxygen atoms in total. The predicted octanol–water partition coefficient (Wildman–Crippen LogP) is 0.320. The summed E-state index contributed by atoms with van der Waals surface area (Å²) in [5.41, 5.74) is 0. The summed E-state index contributed by atoms with van der Waals surface area (Å²) in [5, 5.41) is 0. The van der Waals surface area contributed by atoms with Crippen molar-refractivity contribution >= 4 is 12.0 Å². The van der Waals surface area contributed by atoms with E-state index in [4.69, 9.17) is 4.74 Å². The van der Waals surface area contributed by atoms with Gasteiger partial charge in [-0.25, -0.2) is 4.79 Å². The highest BCUT2D eigenvalue weighted by Crippen LogP contribution is 2.11. The van der Waals surface area contributed by atoms with Crippen LogP contribution in [0.4, 0.5) is 4.79 Å². The predicted molar refractivity (Wildman–Crippen MR) is 61.6 cm³/mol. The average Bonchev–Trinajstić information content (AvgIpc) is 2.30. The molecule has 0 aromatic heterocycles. The SMILES string of the molecule is COC(=O)N(C)CC(=O)N1C[C@H](C)OC[C@H]1C. The Labute approximate surface area is 101 Å². The van der Waals surface area contributed by atoms with Crippen molar-refractivity contribution in [3.8, 4) is 0 Å². The summed E-state index contributed by atoms with van der Waals surface area (Å²) in [6, 6.07) is 0.0461. The van der Waals surface area contributed by atoms with E-state index in [1.165, 1.54) is 19.1 Å². The maximum Gasteiger partial charge on any atom is 0.409 e. The smallest absolute Gasteiger partial charge is 0.409 e. The number of nitrogens with zero attached hydrogens (tertiary/aromatic N) is 2. The largest absolute Gasteiger partial charge is 0.453 e. The molecule has 2 atom stereocenters. The van der Waals surface area contributed by atoms with E-state index in [1.54, 1.807) is 4.90 Å². The van der Waals surface area contributed by atoms with Crippen LogP contribution in [-0.4, -0.2) is 67.8 Å². The van der Waals surface area contributed by atoms with Gasteiger partial charge >= 0.3 is 6.09 Å². The van der Waals surface area contributed by atoms with Crippen molar-refractivity contribution in [2.75, 3.05) is 33.9 Å². The Balaban J connectivity index is 2.54. The van der Waals surface area contributed by atoms with Crippen LogP contribution in [0.1, 0.15) is 13.8 Å². The first-order chi connectivity index (χ1) is 7.95. The van der Waals surface area contributed by atoms with Crippen molar-refractivity contribution in [3.05, 3.63) is 0 Å². The summed E-state index contributed by atoms with van der Waals surface area (Å²) in [5.74, 6) is -0.0828. The summed E-state index contributed by atoms with van der Waals surface area (Å²) in [6.45, 7) is 4.99. The first kappa shape index (κ1) is 13.8. The molecule has 1 heterocycles. The van der Waals surface area contributed by atoms with Gasteiger partial charge in [-0.15, -0.1) is 0 Å². The quantitative estimate of drug-likeness (QED) is 0.702. The van der Waals surface area contributed by atoms with Gasteiger partial charge in [0.1, 0.15) is 6.54 Å². The molecular formula is C11H20N2O4. The van der Waals surface area contributed by atoms with Crippen LogP contribution in [0.15, 0.2) is 0 Å². The standard InChI is InChI=1S/C11H20N2O4/c1-8-7-17-9(2)5-13(8)10(14)6-12(3)11(15)16-4/h8-9H,5-7H2,1-4H3/t8-,9+/m1/s1. The highest BCUT2D eigenvalue weighted by atomic mass is 16.5. The van der Waals surface area contributed by atoms with Gasteiger partial charge in [-0.1, -0.05) is 0 Å². The van der Waals surface area contributed by atoms with E-state index in [2.05, 4.69) is 4.74 Å². The fraction of sp³-hybridized carbons (Fsp3) is 0.818. The third-order valence-corrected chi connectivity index (χ3v) is 2.79. The molecule has 17 heavy (non-hydrogen) atoms. The summed E-state index contributed by atoms with van der Waals surface area (Å²) in [4.78, 5) is 26.2. The normalized spacial score (nSPS) is 24.4. The average molecular weight is 244 g/mol. The molecule has 0 aliphatic carbocycles. The lowest BCUT2D eigenvalue weighted by atomic mass is 10.2. The van der Waals surface area contributed by atoms with Gasteiger partial charge < -0.3 is 19.3 Å². The first-order valence-corrected chi connectivity index (χ1v) is 5.65. The molecule has 0 saturated carbocycles. The molecule has 1 rings (SSSR count). The second-order valence-corrected chi connectivity index (χ2v) is 4.37. The zero-order valence-corrected chi connectivity index (χ0v) is 10.8. The number of rotatable bonds is 2. The molecular weight excluding hydrogens is 224 g/mol. The Bertz CT molecular complexity index is 295. The molecule has 2 amide bonds. The Kier molecular flexibility index (Phi) is 4.74. The van der Waals surface area contributed by atoms with Crippen molar-refractivity contribution in [3.63, 3.8) is 0 Å². The van der Waals surface area contributed by atoms with Gasteiger partial charge in [-0.2, -0.15) is 0 Å². The van der Waals surface area contributed by atoms with Crippen LogP contribution in [0, 0.1) is 0 Å². The molecule has 0 spiro atoms. The van der Waals surface area contributed by atoms with Crippen LogP contribution in [-0.2, 0) is 14.3 Å². The van der Waals surface area contributed by atoms with Crippen LogP contribution in [0.3, 0.4) is 0 Å². The second-order valence-electron chi connectivity index (χ2n) is 4.37. The molecule has 1 aliphatic rings. The van der Waals surface area contributed by atoms with Gasteiger partial charge in [0.15, 0.2) is 0 Å². The van der Waals surface area contributed by atoms with Crippen molar-refractivity contribution in [1.29, 1.82) is 0 Å². The molecule has 0 aromatic carbocycles. The minimum absolute atomic E-state index is 0.0315. The van der Waals surface area contributed by atoms with E-state index in [0.717, 1.165) is 0 Å². The minimum atomic E-state index is -0.507. The molecule has 0 radical (unpaired) electrons. The molecule has 1 fully saturated rings. The topological polar surface area (TPSA) is 59.1 Å². The van der Waals surface area contributed by atoms with Crippen molar-refractivity contribution < 1.29 is 19.1 Å². The van der Waals surface area contributed by atoms with Crippen molar-refractivity contribution in [2.24, 2.45) is 0 Å². The van der Waals surface area contributed by atoms with E-state index in [9.17, 15) is 9.59 Å². The van der Waals surface area contributed by atoms with Gasteiger partial charge in [-0.3, -0.25) is 4.79 Å². The molecule has 0 unspecified atom stereocenters. The maximum absolute atomic E-state index is 12.0. The summed E-state index contributed by atoms with van der Waals surface area (Å²) in [6.07, 6.45) is -0.467. The monoisotopic (exact) mass is 244 g/mol. The molecule has 1 aliphatic heterocycles. The van der Waals surface area contributed by atoms with E-state index in [1.807, 2.05) is 13.8 Å². The Morgan fingerprint density at radius 2 is 2.12 bits per heavy atom. The van der Waals surface area contributed by atoms with Gasteiger partial charge in [0.05, 0.1) is 25.9 Å². The summed E-state index contributed by atoms with van der Waals surface area (Å²) < 4.78 is 9.98. The lowest BCUT2D eigenvalue weighted by molar-refractivity contribution is -0.143. The first-order valence-electron chi connectivity index (χ1n) is 5.65. The Morgan fingerprint density at radius 3 is 2.71 bits per heavy atom. The van der Waals surface area contributed by atoms with Crippen LogP contribution in [0.2, 0.25) is 0 Å². The number of carbonyl (C=O) groups is 2. The van der Waals surface area contributed by atoms with Gasteiger partial charge in [0, 0.05) is 13.6 Å². The van der Waals surface area contributed by atoms with Crippen LogP contribution < -0.4 is 0 Å². The number of amides is 2. The van der Waals surface area contributed by atoms with E-state index >= 15 is 0 Å². The summed E-state index contributed by atoms with van der Waals surface area (Å²) >= 11 is 0. The fourth-order valence-corrected chi connectivity index (χ4v) is 1.76. The zero-order chi connectivity index (χ0) is 13.0. The van der Waals surface area contributed by atoms with Gasteiger partial charge in [0.25, 0.3) is 0 Å². The molecule has 0 aromatic rings. The lowest BCUT2D eigenvalue weighted by Gasteiger charge is -2.37. The summed E-state index contributed by atoms with van der Waals surface area (Å²) in [7, 11) is 2.83. The van der Waals surface area contributed by atoms with Crippen LogP contribution in [0.25, 0.3) is 0 Å². The van der Waals surface area contributed by atoms with Crippen molar-refractivity contribution in [1.82, 2.24) is 9.80 Å². The van der Waals surface area contributed by atoms with Gasteiger partial charge in [0.2, 0.25) is 5.91 Å². The van der Waals surface area contributed by atoms with Crippen molar-refractivity contribution in [2.45, 2.75) is 26.0 Å². The number of methoxy groups -OCH3 is 1. The molecule has 98 valence electrons. The number of ether oxygens (including phenoxy) is 2. The maximum atomic E-state index is 12.0. The minimum Gasteiger partial charge on any atom is -0.453 e. The van der Waals surface area contributed by atoms with Gasteiger partial charge in [-0.05, 0) is 13.8 Å². The van der Waals surface area contributed by atoms with E-state index < -0.39 is 6.09 Å². The molecule has 1 saturated heterocycles. The number of carbonyl (C=O) groups excluding carboxylic acids is 2. The Hall–Kier alpha value is -1.30. The number of hydrogen-bond donors (Lipinski definition) is 0. The zero-order valence-electron chi connectivity index (χ0n) is 10.8. The molecule has 6 heteroatoms. The second kappa shape index (κ2) is 5.86. The van der Waals surface area contributed by atoms with Crippen LogP contribution >= 0.6 is 0 Å². The van der Waals surface area contributed by atoms with E-state index in [0.29, 0.717) is 13.2 Å². The van der Waals surface area contributed by atoms with Crippen LogP contribution in [0.5, 0.6) is 0 Å². The lowest BCUT2D eigenvalue weighted by Crippen LogP contribution is -2.53.